The van der Waals surface area contributed by atoms with Gasteiger partial charge in [-0.3, -0.25) is 4.79 Å². The fourth-order valence-electron chi connectivity index (χ4n) is 1.77. The fraction of sp³-hybridized carbons (Fsp3) is 0.250. The van der Waals surface area contributed by atoms with Gasteiger partial charge in [-0.15, -0.1) is 0 Å². The smallest absolute Gasteiger partial charge is 0.240 e. The molecule has 2 rings (SSSR count). The van der Waals surface area contributed by atoms with Crippen LogP contribution in [0, 0.1) is 5.82 Å². The van der Waals surface area contributed by atoms with E-state index in [2.05, 4.69) is 22.6 Å². The standard InChI is InChI=1S/C12H10ClFINO/c1-16-11(5-4-10(15)12(16)17)8-3-2-7(14)6-9(8)13/h2-3,5-6,10H,4H2,1H3. The van der Waals surface area contributed by atoms with Crippen molar-refractivity contribution in [2.24, 2.45) is 0 Å². The summed E-state index contributed by atoms with van der Waals surface area (Å²) in [6.45, 7) is 0. The molecule has 0 saturated carbocycles. The highest BCUT2D eigenvalue weighted by Crippen LogP contribution is 2.31. The highest BCUT2D eigenvalue weighted by Gasteiger charge is 2.27. The van der Waals surface area contributed by atoms with E-state index in [1.807, 2.05) is 6.08 Å². The number of rotatable bonds is 1. The van der Waals surface area contributed by atoms with Gasteiger partial charge >= 0.3 is 0 Å². The molecule has 1 atom stereocenters. The topological polar surface area (TPSA) is 20.3 Å². The van der Waals surface area contributed by atoms with E-state index in [0.717, 1.165) is 5.70 Å². The zero-order chi connectivity index (χ0) is 12.6. The number of benzene rings is 1. The van der Waals surface area contributed by atoms with Crippen LogP contribution < -0.4 is 0 Å². The number of carbonyl (C=O) groups excluding carboxylic acids is 1. The summed E-state index contributed by atoms with van der Waals surface area (Å²) in [5.41, 5.74) is 1.43. The van der Waals surface area contributed by atoms with Gasteiger partial charge in [-0.05, 0) is 24.6 Å². The van der Waals surface area contributed by atoms with Crippen LogP contribution in [0.1, 0.15) is 12.0 Å². The van der Waals surface area contributed by atoms with E-state index < -0.39 is 0 Å². The van der Waals surface area contributed by atoms with Crippen molar-refractivity contribution in [3.05, 3.63) is 40.7 Å². The molecule has 1 heterocycles. The lowest BCUT2D eigenvalue weighted by atomic mass is 10.0. The number of allylic oxidation sites excluding steroid dienone is 1. The Bertz CT molecular complexity index is 503. The lowest BCUT2D eigenvalue weighted by Gasteiger charge is -2.28. The third-order valence-corrected chi connectivity index (χ3v) is 4.04. The largest absolute Gasteiger partial charge is 0.314 e. The lowest BCUT2D eigenvalue weighted by Crippen LogP contribution is -2.35. The summed E-state index contributed by atoms with van der Waals surface area (Å²) in [5.74, 6) is -0.334. The molecular formula is C12H10ClFINO. The van der Waals surface area contributed by atoms with Crippen LogP contribution in [0.3, 0.4) is 0 Å². The first kappa shape index (κ1) is 12.8. The number of hydrogen-bond donors (Lipinski definition) is 0. The predicted octanol–water partition coefficient (Wildman–Crippen LogP) is 3.49. The first-order chi connectivity index (χ1) is 8.00. The molecule has 1 aromatic rings. The van der Waals surface area contributed by atoms with Crippen LogP contribution in [0.2, 0.25) is 5.02 Å². The molecule has 0 radical (unpaired) electrons. The van der Waals surface area contributed by atoms with Crippen molar-refractivity contribution in [1.29, 1.82) is 0 Å². The summed E-state index contributed by atoms with van der Waals surface area (Å²) in [5, 5.41) is 0.322. The van der Waals surface area contributed by atoms with Gasteiger partial charge in [0.2, 0.25) is 5.91 Å². The molecule has 1 unspecified atom stereocenters. The second-order valence-corrected chi connectivity index (χ2v) is 5.72. The van der Waals surface area contributed by atoms with Gasteiger partial charge < -0.3 is 4.90 Å². The van der Waals surface area contributed by atoms with Crippen LogP contribution in [0.25, 0.3) is 5.70 Å². The quantitative estimate of drug-likeness (QED) is 0.551. The Balaban J connectivity index is 2.43. The van der Waals surface area contributed by atoms with Gasteiger partial charge in [-0.2, -0.15) is 0 Å². The van der Waals surface area contributed by atoms with Crippen LogP contribution in [0.4, 0.5) is 4.39 Å². The van der Waals surface area contributed by atoms with Gasteiger partial charge in [-0.25, -0.2) is 4.39 Å². The van der Waals surface area contributed by atoms with Crippen molar-refractivity contribution in [2.75, 3.05) is 7.05 Å². The van der Waals surface area contributed by atoms with Crippen LogP contribution in [0.15, 0.2) is 24.3 Å². The van der Waals surface area contributed by atoms with Crippen molar-refractivity contribution in [2.45, 2.75) is 10.3 Å². The van der Waals surface area contributed by atoms with Gasteiger partial charge in [0, 0.05) is 18.3 Å². The zero-order valence-corrected chi connectivity index (χ0v) is 12.0. The van der Waals surface area contributed by atoms with Crippen LogP contribution in [-0.2, 0) is 4.79 Å². The Morgan fingerprint density at radius 3 is 2.88 bits per heavy atom. The molecule has 2 nitrogen and oxygen atoms in total. The van der Waals surface area contributed by atoms with Crippen molar-refractivity contribution in [3.63, 3.8) is 0 Å². The Kier molecular flexibility index (Phi) is 3.73. The molecule has 0 aliphatic carbocycles. The third-order valence-electron chi connectivity index (χ3n) is 2.69. The fourth-order valence-corrected chi connectivity index (χ4v) is 2.71. The number of alkyl halides is 1. The minimum Gasteiger partial charge on any atom is -0.314 e. The van der Waals surface area contributed by atoms with Gasteiger partial charge in [0.25, 0.3) is 0 Å². The van der Waals surface area contributed by atoms with E-state index in [1.165, 1.54) is 12.1 Å². The summed E-state index contributed by atoms with van der Waals surface area (Å²) in [4.78, 5) is 13.4. The molecule has 0 fully saturated rings. The van der Waals surface area contributed by atoms with E-state index in [-0.39, 0.29) is 15.6 Å². The maximum Gasteiger partial charge on any atom is 0.240 e. The summed E-state index contributed by atoms with van der Waals surface area (Å²) < 4.78 is 12.9. The molecule has 0 spiro atoms. The maximum absolute atomic E-state index is 13.0. The second kappa shape index (κ2) is 4.94. The number of nitrogens with zero attached hydrogens (tertiary/aromatic N) is 1. The first-order valence-electron chi connectivity index (χ1n) is 5.08. The average Bonchev–Trinajstić information content (AvgIpc) is 2.28. The molecule has 1 amide bonds. The first-order valence-corrected chi connectivity index (χ1v) is 6.70. The summed E-state index contributed by atoms with van der Waals surface area (Å²) >= 11 is 8.10. The molecule has 1 aliphatic rings. The molecule has 0 saturated heterocycles. The highest BCUT2D eigenvalue weighted by atomic mass is 127. The Morgan fingerprint density at radius 1 is 1.53 bits per heavy atom. The van der Waals surface area contributed by atoms with Crippen LogP contribution in [0.5, 0.6) is 0 Å². The summed E-state index contributed by atoms with van der Waals surface area (Å²) in [6, 6.07) is 4.20. The Morgan fingerprint density at radius 2 is 2.24 bits per heavy atom. The lowest BCUT2D eigenvalue weighted by molar-refractivity contribution is -0.126. The number of halogens is 3. The van der Waals surface area contributed by atoms with E-state index >= 15 is 0 Å². The van der Waals surface area contributed by atoms with Crippen molar-refractivity contribution in [1.82, 2.24) is 4.90 Å². The molecule has 0 aromatic heterocycles. The number of carbonyl (C=O) groups is 1. The van der Waals surface area contributed by atoms with Gasteiger partial charge in [0.15, 0.2) is 0 Å². The Labute approximate surface area is 118 Å². The molecular weight excluding hydrogens is 355 g/mol. The van der Waals surface area contributed by atoms with E-state index in [9.17, 15) is 9.18 Å². The maximum atomic E-state index is 13.0. The molecule has 0 N–H and O–H groups in total. The van der Waals surface area contributed by atoms with Gasteiger partial charge in [-0.1, -0.05) is 40.3 Å². The number of amides is 1. The van der Waals surface area contributed by atoms with Crippen molar-refractivity contribution < 1.29 is 9.18 Å². The van der Waals surface area contributed by atoms with Crippen LogP contribution in [-0.4, -0.2) is 21.8 Å². The zero-order valence-electron chi connectivity index (χ0n) is 9.08. The monoisotopic (exact) mass is 365 g/mol. The Hall–Kier alpha value is -0.620. The van der Waals surface area contributed by atoms with E-state index in [0.29, 0.717) is 17.0 Å². The van der Waals surface area contributed by atoms with Crippen LogP contribution >= 0.6 is 34.2 Å². The molecule has 0 bridgehead atoms. The van der Waals surface area contributed by atoms with Crippen molar-refractivity contribution in [3.8, 4) is 0 Å². The van der Waals surface area contributed by atoms with Gasteiger partial charge in [0.05, 0.1) is 8.95 Å². The average molecular weight is 366 g/mol. The van der Waals surface area contributed by atoms with E-state index in [4.69, 9.17) is 11.6 Å². The van der Waals surface area contributed by atoms with E-state index in [1.54, 1.807) is 18.0 Å². The minimum atomic E-state index is -0.379. The molecule has 5 heteroatoms. The molecule has 90 valence electrons. The molecule has 1 aliphatic heterocycles. The molecule has 1 aromatic carbocycles. The van der Waals surface area contributed by atoms with Crippen molar-refractivity contribution >= 4 is 45.8 Å². The minimum absolute atomic E-state index is 0.0411. The SMILES string of the molecule is CN1C(=O)C(I)CC=C1c1ccc(F)cc1Cl. The normalized spacial score (nSPS) is 20.5. The highest BCUT2D eigenvalue weighted by molar-refractivity contribution is 14.1. The van der Waals surface area contributed by atoms with Gasteiger partial charge in [0.1, 0.15) is 5.82 Å². The molecule has 17 heavy (non-hydrogen) atoms. The number of hydrogen-bond acceptors (Lipinski definition) is 1. The predicted molar refractivity (Wildman–Crippen MR) is 74.6 cm³/mol. The summed E-state index contributed by atoms with van der Waals surface area (Å²) in [6.07, 6.45) is 2.63. The summed E-state index contributed by atoms with van der Waals surface area (Å²) in [7, 11) is 1.71. The second-order valence-electron chi connectivity index (χ2n) is 3.81. The third kappa shape index (κ3) is 2.47.